The number of carboxylic acid groups (broad SMARTS) is 1. The quantitative estimate of drug-likeness (QED) is 0.0462. The minimum absolute atomic E-state index is 0. The van der Waals surface area contributed by atoms with Crippen LogP contribution in [0.15, 0.2) is 175 Å². The fraction of sp³-hybridized carbons (Fsp3) is 0.324. The number of rotatable bonds is 18. The van der Waals surface area contributed by atoms with Crippen molar-refractivity contribution in [3.05, 3.63) is 225 Å². The average Bonchev–Trinajstić information content (AvgIpc) is 1.08. The third-order valence-electron chi connectivity index (χ3n) is 18.9. The normalized spacial score (nSPS) is 19.9. The summed E-state index contributed by atoms with van der Waals surface area (Å²) in [4.78, 5) is 54.0. The number of aromatic amines is 1. The maximum atomic E-state index is 13.8. The lowest BCUT2D eigenvalue weighted by atomic mass is 9.88. The summed E-state index contributed by atoms with van der Waals surface area (Å²) in [6, 6.07) is 43.2. The molecule has 6 heterocycles. The molecule has 0 saturated carbocycles. The fourth-order valence-corrected chi connectivity index (χ4v) is 15.1. The highest BCUT2D eigenvalue weighted by molar-refractivity contribution is 7.90. The summed E-state index contributed by atoms with van der Waals surface area (Å²) in [5, 5.41) is 25.7. The monoisotopic (exact) mass is 1270 g/mol. The number of carboxylic acids is 1. The van der Waals surface area contributed by atoms with Gasteiger partial charge in [0.15, 0.2) is 0 Å². The number of nitrogens with one attached hydrogen (secondary N) is 3. The lowest BCUT2D eigenvalue weighted by Crippen LogP contribution is -2.35. The summed E-state index contributed by atoms with van der Waals surface area (Å²) < 4.78 is 47.1. The van der Waals surface area contributed by atoms with Gasteiger partial charge in [0.05, 0.1) is 33.5 Å². The fourth-order valence-electron chi connectivity index (χ4n) is 14.1. The number of nitro benzene ring substituents is 1. The van der Waals surface area contributed by atoms with E-state index in [1.807, 2.05) is 30.3 Å². The van der Waals surface area contributed by atoms with Gasteiger partial charge in [-0.25, -0.2) is 22.9 Å². The number of fused-ring (bicyclic) bond motifs is 2. The van der Waals surface area contributed by atoms with E-state index in [0.717, 1.165) is 117 Å². The number of pyridine rings is 2. The molecule has 93 heavy (non-hydrogen) atoms. The molecule has 4 unspecified atom stereocenters. The van der Waals surface area contributed by atoms with Gasteiger partial charge in [0.2, 0.25) is 0 Å². The van der Waals surface area contributed by atoms with Crippen LogP contribution in [0.4, 0.5) is 11.4 Å². The standard InChI is InChI=1S/C42H44N6O7S.C31H30N2O3.CH4/c49-42(46-56(52,53)35-13-15-37(39(25-35)48(50)51)44-26-28-17-21-54-22-18-28)36-14-10-31(24-40(36)55-34-23-32-16-19-43-41(32)45-27-34)29-8-11-33(12-9-29)47-20-4-7-38(47)30-5-2-1-3-6-30;34-31(35)27-16-13-23(19-30(27)36-26-18-24-8-4-9-28(24)32-20-26)21-11-14-25(15-12-21)33-17-5-10-29(33)22-6-2-1-3-7-22;/h1-3,5-6,8,10,13-16,19,23-25,27-28,33,38,44H,4,7,9,11-12,17-18,20-22,26H2,(H,43,45)(H,46,49);1-4,6-8,11,13,16,18-20,25,29H,5,9-10,12,14-15,17H2,(H,34,35);1H4. The zero-order chi connectivity index (χ0) is 63.1. The van der Waals surface area contributed by atoms with Crippen molar-refractivity contribution in [2.75, 3.05) is 38.2 Å². The van der Waals surface area contributed by atoms with Crippen molar-refractivity contribution in [2.24, 2.45) is 5.92 Å². The van der Waals surface area contributed by atoms with E-state index < -0.39 is 37.4 Å². The number of hydrogen-bond donors (Lipinski definition) is 4. The van der Waals surface area contributed by atoms with Crippen molar-refractivity contribution >= 4 is 61.5 Å². The summed E-state index contributed by atoms with van der Waals surface area (Å²) in [5.41, 5.74) is 9.71. The van der Waals surface area contributed by atoms with E-state index in [2.05, 4.69) is 114 Å². The van der Waals surface area contributed by atoms with Gasteiger partial charge in [0, 0.05) is 68.0 Å². The van der Waals surface area contributed by atoms with Crippen molar-refractivity contribution < 1.29 is 42.2 Å². The third kappa shape index (κ3) is 14.7. The number of allylic oxidation sites excluding steroid dienone is 3. The van der Waals surface area contributed by atoms with Gasteiger partial charge in [-0.05, 0) is 190 Å². The Morgan fingerprint density at radius 3 is 1.91 bits per heavy atom. The number of ether oxygens (including phenoxy) is 3. The summed E-state index contributed by atoms with van der Waals surface area (Å²) in [6.07, 6.45) is 26.7. The predicted molar refractivity (Wildman–Crippen MR) is 361 cm³/mol. The van der Waals surface area contributed by atoms with Crippen LogP contribution in [0.5, 0.6) is 23.0 Å². The second kappa shape index (κ2) is 28.7. The van der Waals surface area contributed by atoms with Crippen molar-refractivity contribution in [3.63, 3.8) is 0 Å². The number of sulfonamides is 1. The molecule has 19 heteroatoms. The predicted octanol–water partition coefficient (Wildman–Crippen LogP) is 15.5. The number of amides is 1. The van der Waals surface area contributed by atoms with Crippen LogP contribution in [0.2, 0.25) is 0 Å². The van der Waals surface area contributed by atoms with Crippen molar-refractivity contribution in [2.45, 2.75) is 120 Å². The molecule has 0 bridgehead atoms. The lowest BCUT2D eigenvalue weighted by molar-refractivity contribution is -0.384. The molecule has 6 aliphatic rings. The van der Waals surface area contributed by atoms with Crippen LogP contribution in [0.3, 0.4) is 0 Å². The second-order valence-corrected chi connectivity index (χ2v) is 26.2. The number of nitro groups is 1. The molecule has 14 rings (SSSR count). The Morgan fingerprint density at radius 1 is 0.710 bits per heavy atom. The van der Waals surface area contributed by atoms with E-state index in [0.29, 0.717) is 66.8 Å². The minimum Gasteiger partial charge on any atom is -0.478 e. The van der Waals surface area contributed by atoms with Crippen LogP contribution in [0.1, 0.15) is 151 Å². The summed E-state index contributed by atoms with van der Waals surface area (Å²) in [5.74, 6) is -0.228. The molecule has 4 N–H and O–H groups in total. The largest absolute Gasteiger partial charge is 0.478 e. The SMILES string of the molecule is C.O=C(NS(=O)(=O)c1ccc(NCC2CCOCC2)c([N+](=O)[O-])c1)c1ccc(C2=CCC(N3CCCC3c3ccccc3)CC2)cc1Oc1cnc2[nH]ccc2c1.O=C(O)c1ccc(C2=CCC(N3CCCC3c3ccccc3)CC2)cc1Oc1cnc2c(c1)C=CC2. The molecule has 480 valence electrons. The zero-order valence-corrected chi connectivity index (χ0v) is 51.9. The highest BCUT2D eigenvalue weighted by Crippen LogP contribution is 2.43. The molecule has 4 atom stereocenters. The molecule has 3 fully saturated rings. The number of aromatic carboxylic acids is 1. The number of anilines is 1. The molecule has 8 aromatic rings. The summed E-state index contributed by atoms with van der Waals surface area (Å²) in [6.45, 7) is 3.98. The molecule has 3 aliphatic carbocycles. The molecule has 3 aliphatic heterocycles. The van der Waals surface area contributed by atoms with Gasteiger partial charge in [-0.1, -0.05) is 105 Å². The smallest absolute Gasteiger partial charge is 0.339 e. The zero-order valence-electron chi connectivity index (χ0n) is 51.1. The van der Waals surface area contributed by atoms with Gasteiger partial charge in [-0.2, -0.15) is 0 Å². The number of carbonyl (C=O) groups excluding carboxylic acids is 1. The van der Waals surface area contributed by atoms with Gasteiger partial charge in [-0.15, -0.1) is 0 Å². The number of benzene rings is 5. The van der Waals surface area contributed by atoms with Crippen LogP contribution < -0.4 is 19.5 Å². The van der Waals surface area contributed by atoms with Crippen LogP contribution in [0.25, 0.3) is 28.3 Å². The molecule has 1 amide bonds. The highest BCUT2D eigenvalue weighted by Gasteiger charge is 2.35. The Morgan fingerprint density at radius 2 is 1.31 bits per heavy atom. The maximum absolute atomic E-state index is 13.8. The Bertz CT molecular complexity index is 4240. The molecular formula is C74H78N8O10S. The van der Waals surface area contributed by atoms with Crippen LogP contribution in [-0.4, -0.2) is 100 Å². The first kappa shape index (κ1) is 63.9. The average molecular weight is 1270 g/mol. The van der Waals surface area contributed by atoms with E-state index in [1.54, 1.807) is 42.7 Å². The molecule has 18 nitrogen and oxygen atoms in total. The molecule has 3 saturated heterocycles. The van der Waals surface area contributed by atoms with Crippen molar-refractivity contribution in [1.29, 1.82) is 0 Å². The Balaban J connectivity index is 0.000000194. The number of H-pyrrole nitrogens is 1. The number of hydrogen-bond acceptors (Lipinski definition) is 14. The van der Waals surface area contributed by atoms with Gasteiger partial charge in [0.1, 0.15) is 39.9 Å². The van der Waals surface area contributed by atoms with E-state index in [-0.39, 0.29) is 35.9 Å². The summed E-state index contributed by atoms with van der Waals surface area (Å²) in [7, 11) is -4.53. The van der Waals surface area contributed by atoms with Gasteiger partial charge < -0.3 is 29.6 Å². The van der Waals surface area contributed by atoms with E-state index in [1.165, 1.54) is 54.3 Å². The third-order valence-corrected chi connectivity index (χ3v) is 20.2. The van der Waals surface area contributed by atoms with Crippen LogP contribution >= 0.6 is 0 Å². The van der Waals surface area contributed by atoms with Gasteiger partial charge in [-0.3, -0.25) is 29.7 Å². The summed E-state index contributed by atoms with van der Waals surface area (Å²) >= 11 is 0. The van der Waals surface area contributed by atoms with E-state index in [9.17, 15) is 33.2 Å². The first-order valence-electron chi connectivity index (χ1n) is 32.0. The second-order valence-electron chi connectivity index (χ2n) is 24.6. The molecular weight excluding hydrogens is 1190 g/mol. The van der Waals surface area contributed by atoms with Gasteiger partial charge in [0.25, 0.3) is 21.6 Å². The molecule has 0 radical (unpaired) electrons. The first-order chi connectivity index (χ1) is 44.9. The minimum atomic E-state index is -4.53. The van der Waals surface area contributed by atoms with Crippen LogP contribution in [-0.2, 0) is 21.2 Å². The Hall–Kier alpha value is -9.27. The molecule has 0 spiro atoms. The highest BCUT2D eigenvalue weighted by atomic mass is 32.2. The Kier molecular flexibility index (Phi) is 19.7. The number of carbonyl (C=O) groups is 2. The number of nitrogens with zero attached hydrogens (tertiary/aromatic N) is 5. The van der Waals surface area contributed by atoms with Crippen molar-refractivity contribution in [3.8, 4) is 23.0 Å². The number of aromatic nitrogens is 3. The maximum Gasteiger partial charge on any atom is 0.339 e. The van der Waals surface area contributed by atoms with Gasteiger partial charge >= 0.3 is 5.97 Å². The molecule has 3 aromatic heterocycles. The molecule has 5 aromatic carbocycles. The Labute approximate surface area is 542 Å². The topological polar surface area (TPSA) is 231 Å². The van der Waals surface area contributed by atoms with Crippen LogP contribution in [0, 0.1) is 16.0 Å². The van der Waals surface area contributed by atoms with E-state index >= 15 is 0 Å². The van der Waals surface area contributed by atoms with Crippen molar-refractivity contribution in [1.82, 2.24) is 29.5 Å². The number of likely N-dealkylation sites (tertiary alicyclic amines) is 2. The first-order valence-corrected chi connectivity index (χ1v) is 33.5. The lowest BCUT2D eigenvalue weighted by Gasteiger charge is -2.35. The van der Waals surface area contributed by atoms with E-state index in [4.69, 9.17) is 14.2 Å².